The van der Waals surface area contributed by atoms with Gasteiger partial charge in [-0.15, -0.1) is 0 Å². The maximum absolute atomic E-state index is 13.7. The lowest BCUT2D eigenvalue weighted by Gasteiger charge is -2.30. The second kappa shape index (κ2) is 5.39. The Bertz CT molecular complexity index is 340. The molecule has 1 atom stereocenters. The monoisotopic (exact) mass is 224 g/mol. The fourth-order valence-electron chi connectivity index (χ4n) is 2.26. The summed E-state index contributed by atoms with van der Waals surface area (Å²) in [6, 6.07) is 6.66. The van der Waals surface area contributed by atoms with Crippen LogP contribution in [0.15, 0.2) is 24.3 Å². The number of nitrogens with one attached hydrogen (secondary N) is 1. The number of rotatable bonds is 3. The summed E-state index contributed by atoms with van der Waals surface area (Å²) in [5, 5.41) is 0. The molecule has 0 saturated carbocycles. The molecule has 0 aliphatic carbocycles. The van der Waals surface area contributed by atoms with Crippen molar-refractivity contribution in [3.8, 4) is 0 Å². The third-order valence-corrected chi connectivity index (χ3v) is 3.16. The van der Waals surface area contributed by atoms with Gasteiger partial charge in [0.05, 0.1) is 6.04 Å². The van der Waals surface area contributed by atoms with Crippen LogP contribution in [0.2, 0.25) is 0 Å². The predicted octanol–water partition coefficient (Wildman–Crippen LogP) is 1.76. The molecule has 1 aliphatic rings. The Labute approximate surface area is 94.8 Å². The maximum atomic E-state index is 13.7. The first-order valence-corrected chi connectivity index (χ1v) is 5.61. The van der Waals surface area contributed by atoms with E-state index in [1.807, 2.05) is 6.07 Å². The lowest BCUT2D eigenvalue weighted by molar-refractivity contribution is 0.0531. The minimum Gasteiger partial charge on any atom is -0.381 e. The van der Waals surface area contributed by atoms with Crippen LogP contribution in [0.1, 0.15) is 24.4 Å². The quantitative estimate of drug-likeness (QED) is 0.607. The zero-order valence-electron chi connectivity index (χ0n) is 9.16. The summed E-state index contributed by atoms with van der Waals surface area (Å²) in [4.78, 5) is 0. The van der Waals surface area contributed by atoms with Gasteiger partial charge in [0.15, 0.2) is 0 Å². The van der Waals surface area contributed by atoms with E-state index < -0.39 is 0 Å². The third kappa shape index (κ3) is 2.40. The van der Waals surface area contributed by atoms with Crippen molar-refractivity contribution in [2.24, 2.45) is 11.8 Å². The van der Waals surface area contributed by atoms with E-state index in [1.165, 1.54) is 6.07 Å². The lowest BCUT2D eigenvalue weighted by Crippen LogP contribution is -2.36. The van der Waals surface area contributed by atoms with Gasteiger partial charge >= 0.3 is 0 Å². The van der Waals surface area contributed by atoms with Gasteiger partial charge < -0.3 is 4.74 Å². The van der Waals surface area contributed by atoms with Gasteiger partial charge in [-0.25, -0.2) is 4.39 Å². The number of hydrogen-bond donors (Lipinski definition) is 2. The van der Waals surface area contributed by atoms with Crippen molar-refractivity contribution in [3.63, 3.8) is 0 Å². The van der Waals surface area contributed by atoms with E-state index in [0.717, 1.165) is 26.1 Å². The van der Waals surface area contributed by atoms with Crippen molar-refractivity contribution >= 4 is 0 Å². The summed E-state index contributed by atoms with van der Waals surface area (Å²) in [5.74, 6) is 5.69. The zero-order chi connectivity index (χ0) is 11.4. The molecule has 1 saturated heterocycles. The van der Waals surface area contributed by atoms with Gasteiger partial charge in [-0.1, -0.05) is 18.2 Å². The summed E-state index contributed by atoms with van der Waals surface area (Å²) < 4.78 is 19.0. The van der Waals surface area contributed by atoms with Crippen molar-refractivity contribution in [3.05, 3.63) is 35.6 Å². The van der Waals surface area contributed by atoms with Crippen molar-refractivity contribution in [2.75, 3.05) is 13.2 Å². The second-order valence-electron chi connectivity index (χ2n) is 4.12. The Morgan fingerprint density at radius 2 is 2.00 bits per heavy atom. The number of hydrogen-bond acceptors (Lipinski definition) is 3. The molecule has 0 bridgehead atoms. The Hall–Kier alpha value is -0.970. The van der Waals surface area contributed by atoms with Gasteiger partial charge in [0.25, 0.3) is 0 Å². The molecule has 1 aliphatic heterocycles. The maximum Gasteiger partial charge on any atom is 0.128 e. The van der Waals surface area contributed by atoms with E-state index in [4.69, 9.17) is 10.6 Å². The molecule has 1 heterocycles. The van der Waals surface area contributed by atoms with E-state index in [1.54, 1.807) is 12.1 Å². The van der Waals surface area contributed by atoms with Gasteiger partial charge in [0.1, 0.15) is 5.82 Å². The van der Waals surface area contributed by atoms with E-state index in [9.17, 15) is 4.39 Å². The summed E-state index contributed by atoms with van der Waals surface area (Å²) in [6.07, 6.45) is 1.84. The summed E-state index contributed by atoms with van der Waals surface area (Å²) >= 11 is 0. The molecule has 3 nitrogen and oxygen atoms in total. The molecule has 0 aromatic heterocycles. The van der Waals surface area contributed by atoms with Gasteiger partial charge in [0, 0.05) is 18.8 Å². The van der Waals surface area contributed by atoms with Crippen molar-refractivity contribution < 1.29 is 9.13 Å². The largest absolute Gasteiger partial charge is 0.381 e. The number of nitrogens with two attached hydrogens (primary N) is 1. The smallest absolute Gasteiger partial charge is 0.128 e. The van der Waals surface area contributed by atoms with Gasteiger partial charge in [0.2, 0.25) is 0 Å². The average Bonchev–Trinajstić information content (AvgIpc) is 2.34. The first kappa shape index (κ1) is 11.5. The molecular weight excluding hydrogens is 207 g/mol. The van der Waals surface area contributed by atoms with Crippen LogP contribution >= 0.6 is 0 Å². The summed E-state index contributed by atoms with van der Waals surface area (Å²) in [5.41, 5.74) is 3.38. The van der Waals surface area contributed by atoms with Crippen LogP contribution in [0.4, 0.5) is 4.39 Å². The Kier molecular flexibility index (Phi) is 3.88. The van der Waals surface area contributed by atoms with Gasteiger partial charge in [-0.05, 0) is 24.8 Å². The third-order valence-electron chi connectivity index (χ3n) is 3.16. The van der Waals surface area contributed by atoms with Crippen LogP contribution < -0.4 is 11.3 Å². The van der Waals surface area contributed by atoms with Crippen molar-refractivity contribution in [2.45, 2.75) is 18.9 Å². The van der Waals surface area contributed by atoms with Crippen LogP contribution in [0.3, 0.4) is 0 Å². The molecule has 0 spiro atoms. The zero-order valence-corrected chi connectivity index (χ0v) is 9.16. The first-order valence-electron chi connectivity index (χ1n) is 5.61. The van der Waals surface area contributed by atoms with Crippen molar-refractivity contribution in [1.29, 1.82) is 0 Å². The van der Waals surface area contributed by atoms with Gasteiger partial charge in [-0.3, -0.25) is 11.3 Å². The van der Waals surface area contributed by atoms with Crippen LogP contribution in [-0.4, -0.2) is 13.2 Å². The molecule has 1 aromatic rings. The molecule has 1 unspecified atom stereocenters. The average molecular weight is 224 g/mol. The van der Waals surface area contributed by atoms with Crippen LogP contribution in [0.5, 0.6) is 0 Å². The topological polar surface area (TPSA) is 47.3 Å². The summed E-state index contributed by atoms with van der Waals surface area (Å²) in [6.45, 7) is 1.47. The standard InChI is InChI=1S/C12H17FN2O/c13-11-4-2-1-3-10(11)12(15-14)9-5-7-16-8-6-9/h1-4,9,12,15H,5-8,14H2. The first-order chi connectivity index (χ1) is 7.83. The number of hydrazine groups is 1. The Balaban J connectivity index is 2.18. The minimum atomic E-state index is -0.197. The van der Waals surface area contributed by atoms with Crippen LogP contribution in [-0.2, 0) is 4.74 Å². The second-order valence-corrected chi connectivity index (χ2v) is 4.12. The molecule has 16 heavy (non-hydrogen) atoms. The molecule has 88 valence electrons. The molecule has 0 radical (unpaired) electrons. The molecule has 3 N–H and O–H groups in total. The summed E-state index contributed by atoms with van der Waals surface area (Å²) in [7, 11) is 0. The highest BCUT2D eigenvalue weighted by Gasteiger charge is 2.26. The Morgan fingerprint density at radius 1 is 1.31 bits per heavy atom. The number of halogens is 1. The van der Waals surface area contributed by atoms with E-state index >= 15 is 0 Å². The molecular formula is C12H17FN2O. The SMILES string of the molecule is NNC(c1ccccc1F)C1CCOCC1. The number of ether oxygens (including phenoxy) is 1. The molecule has 2 rings (SSSR count). The van der Waals surface area contributed by atoms with E-state index in [0.29, 0.717) is 11.5 Å². The van der Waals surface area contributed by atoms with Crippen LogP contribution in [0.25, 0.3) is 0 Å². The normalized spacial score (nSPS) is 19.6. The number of benzene rings is 1. The Morgan fingerprint density at radius 3 is 2.62 bits per heavy atom. The molecule has 1 aromatic carbocycles. The fraction of sp³-hybridized carbons (Fsp3) is 0.500. The minimum absolute atomic E-state index is 0.120. The highest BCUT2D eigenvalue weighted by Crippen LogP contribution is 2.30. The van der Waals surface area contributed by atoms with E-state index in [-0.39, 0.29) is 11.9 Å². The lowest BCUT2D eigenvalue weighted by atomic mass is 9.87. The van der Waals surface area contributed by atoms with Crippen molar-refractivity contribution in [1.82, 2.24) is 5.43 Å². The van der Waals surface area contributed by atoms with Gasteiger partial charge in [-0.2, -0.15) is 0 Å². The van der Waals surface area contributed by atoms with Crippen LogP contribution in [0, 0.1) is 11.7 Å². The van der Waals surface area contributed by atoms with E-state index in [2.05, 4.69) is 5.43 Å². The highest BCUT2D eigenvalue weighted by molar-refractivity contribution is 5.21. The molecule has 4 heteroatoms. The molecule has 1 fully saturated rings. The highest BCUT2D eigenvalue weighted by atomic mass is 19.1. The fourth-order valence-corrected chi connectivity index (χ4v) is 2.26. The molecule has 0 amide bonds. The predicted molar refractivity (Wildman–Crippen MR) is 60.0 cm³/mol.